The van der Waals surface area contributed by atoms with Gasteiger partial charge in [0.25, 0.3) is 0 Å². The van der Waals surface area contributed by atoms with E-state index in [1.807, 2.05) is 6.07 Å². The van der Waals surface area contributed by atoms with E-state index in [1.54, 1.807) is 14.2 Å². The van der Waals surface area contributed by atoms with Gasteiger partial charge in [-0.1, -0.05) is 0 Å². The van der Waals surface area contributed by atoms with Crippen LogP contribution in [0.2, 0.25) is 0 Å². The highest BCUT2D eigenvalue weighted by molar-refractivity contribution is 7.60. The second-order valence-corrected chi connectivity index (χ2v) is 11.6. The molecule has 0 amide bonds. The highest BCUT2D eigenvalue weighted by Crippen LogP contribution is 2.71. The molecule has 0 N–H and O–H groups in total. The smallest absolute Gasteiger partial charge is 0.127 e. The van der Waals surface area contributed by atoms with E-state index < -0.39 is 7.92 Å². The average Bonchev–Trinajstić information content (AvgIpc) is 2.68. The monoisotopic (exact) mass is 335 g/mol. The molecule has 2 rings (SSSR count). The molecular weight excluding hydrogens is 303 g/mol. The standard InChI is InChI=1S/C20H31O2P/c1-12(2)23(13(3)4)20(7)15(6)14(5)18-16(21-8)10-11-17(22-9)19(18)20/h10-13H,1-9H3/p+1. The third-order valence-electron chi connectivity index (χ3n) is 5.58. The molecule has 1 aromatic rings. The first-order valence-corrected chi connectivity index (χ1v) is 10.2. The Morgan fingerprint density at radius 3 is 1.83 bits per heavy atom. The molecule has 0 heterocycles. The van der Waals surface area contributed by atoms with Gasteiger partial charge in [-0.2, -0.15) is 0 Å². The minimum absolute atomic E-state index is 0.0757. The van der Waals surface area contributed by atoms with Crippen molar-refractivity contribution in [1.29, 1.82) is 0 Å². The normalized spacial score (nSPS) is 20.7. The minimum atomic E-state index is -0.698. The lowest BCUT2D eigenvalue weighted by Crippen LogP contribution is -2.27. The van der Waals surface area contributed by atoms with Gasteiger partial charge in [0.05, 0.1) is 31.1 Å². The first-order valence-electron chi connectivity index (χ1n) is 8.52. The van der Waals surface area contributed by atoms with Gasteiger partial charge in [0.1, 0.15) is 16.7 Å². The Hall–Kier alpha value is -1.01. The van der Waals surface area contributed by atoms with Crippen LogP contribution in [-0.4, -0.2) is 25.5 Å². The molecule has 0 aliphatic heterocycles. The van der Waals surface area contributed by atoms with E-state index in [0.717, 1.165) is 11.5 Å². The van der Waals surface area contributed by atoms with E-state index in [-0.39, 0.29) is 5.16 Å². The van der Waals surface area contributed by atoms with Crippen molar-refractivity contribution in [2.24, 2.45) is 0 Å². The van der Waals surface area contributed by atoms with Crippen molar-refractivity contribution >= 4 is 13.5 Å². The Balaban J connectivity index is 2.85. The molecule has 1 unspecified atom stereocenters. The Kier molecular flexibility index (Phi) is 5.16. The zero-order valence-electron chi connectivity index (χ0n) is 16.1. The largest absolute Gasteiger partial charge is 0.496 e. The molecule has 0 saturated heterocycles. The van der Waals surface area contributed by atoms with Crippen LogP contribution < -0.4 is 9.47 Å². The van der Waals surface area contributed by atoms with E-state index in [0.29, 0.717) is 11.3 Å². The molecule has 0 aromatic heterocycles. The summed E-state index contributed by atoms with van der Waals surface area (Å²) < 4.78 is 11.5. The Labute approximate surface area is 143 Å². The zero-order valence-corrected chi connectivity index (χ0v) is 17.1. The maximum Gasteiger partial charge on any atom is 0.127 e. The van der Waals surface area contributed by atoms with Gasteiger partial charge in [-0.3, -0.25) is 0 Å². The summed E-state index contributed by atoms with van der Waals surface area (Å²) in [6, 6.07) is 4.11. The molecule has 3 heteroatoms. The Morgan fingerprint density at radius 2 is 1.39 bits per heavy atom. The molecule has 0 radical (unpaired) electrons. The van der Waals surface area contributed by atoms with Crippen LogP contribution in [0.5, 0.6) is 11.5 Å². The van der Waals surface area contributed by atoms with Crippen molar-refractivity contribution in [1.82, 2.24) is 0 Å². The van der Waals surface area contributed by atoms with Crippen molar-refractivity contribution in [2.45, 2.75) is 64.9 Å². The van der Waals surface area contributed by atoms with Gasteiger partial charge in [0.2, 0.25) is 0 Å². The van der Waals surface area contributed by atoms with Gasteiger partial charge in [0.15, 0.2) is 0 Å². The van der Waals surface area contributed by atoms with E-state index in [1.165, 1.54) is 22.3 Å². The first-order chi connectivity index (χ1) is 10.7. The summed E-state index contributed by atoms with van der Waals surface area (Å²) >= 11 is 0. The van der Waals surface area contributed by atoms with Gasteiger partial charge in [-0.25, -0.2) is 0 Å². The second-order valence-electron chi connectivity index (χ2n) is 7.36. The molecule has 1 aliphatic carbocycles. The molecule has 0 saturated carbocycles. The van der Waals surface area contributed by atoms with Crippen LogP contribution in [0, 0.1) is 0 Å². The van der Waals surface area contributed by atoms with E-state index in [2.05, 4.69) is 54.5 Å². The van der Waals surface area contributed by atoms with E-state index in [4.69, 9.17) is 9.47 Å². The number of benzene rings is 1. The topological polar surface area (TPSA) is 18.5 Å². The number of fused-ring (bicyclic) bond motifs is 1. The fourth-order valence-corrected chi connectivity index (χ4v) is 9.51. The summed E-state index contributed by atoms with van der Waals surface area (Å²) in [5, 5.41) is 0.0757. The molecule has 128 valence electrons. The summed E-state index contributed by atoms with van der Waals surface area (Å²) in [5.74, 6) is 1.97. The number of ether oxygens (including phenoxy) is 2. The maximum atomic E-state index is 5.79. The lowest BCUT2D eigenvalue weighted by molar-refractivity contribution is 0.396. The van der Waals surface area contributed by atoms with E-state index >= 15 is 0 Å². The molecule has 1 atom stereocenters. The van der Waals surface area contributed by atoms with Gasteiger partial charge in [-0.05, 0) is 71.7 Å². The molecular formula is C20H32O2P+. The number of allylic oxidation sites excluding steroid dienone is 2. The summed E-state index contributed by atoms with van der Waals surface area (Å²) in [4.78, 5) is 0. The predicted octanol–water partition coefficient (Wildman–Crippen LogP) is 5.76. The summed E-state index contributed by atoms with van der Waals surface area (Å²) in [7, 11) is 2.84. The molecule has 23 heavy (non-hydrogen) atoms. The van der Waals surface area contributed by atoms with Crippen LogP contribution in [0.25, 0.3) is 5.57 Å². The fraction of sp³-hybridized carbons (Fsp3) is 0.600. The zero-order chi connectivity index (χ0) is 17.5. The van der Waals surface area contributed by atoms with Crippen LogP contribution in [0.4, 0.5) is 0 Å². The van der Waals surface area contributed by atoms with Gasteiger partial charge < -0.3 is 9.47 Å². The first kappa shape index (κ1) is 18.3. The Morgan fingerprint density at radius 1 is 0.913 bits per heavy atom. The molecule has 2 nitrogen and oxygen atoms in total. The highest BCUT2D eigenvalue weighted by Gasteiger charge is 2.54. The predicted molar refractivity (Wildman–Crippen MR) is 104 cm³/mol. The molecule has 1 aliphatic rings. The third kappa shape index (κ3) is 2.60. The summed E-state index contributed by atoms with van der Waals surface area (Å²) in [6.45, 7) is 16.5. The fourth-order valence-electron chi connectivity index (χ4n) is 4.71. The van der Waals surface area contributed by atoms with Crippen molar-refractivity contribution in [2.75, 3.05) is 14.2 Å². The minimum Gasteiger partial charge on any atom is -0.496 e. The van der Waals surface area contributed by atoms with Gasteiger partial charge >= 0.3 is 0 Å². The number of hydrogen-bond acceptors (Lipinski definition) is 2. The summed E-state index contributed by atoms with van der Waals surface area (Å²) in [6.07, 6.45) is 0. The lowest BCUT2D eigenvalue weighted by Gasteiger charge is -2.36. The van der Waals surface area contributed by atoms with Crippen molar-refractivity contribution in [3.05, 3.63) is 28.8 Å². The molecule has 0 fully saturated rings. The third-order valence-corrected chi connectivity index (χ3v) is 9.85. The van der Waals surface area contributed by atoms with E-state index in [9.17, 15) is 0 Å². The number of methoxy groups -OCH3 is 2. The maximum absolute atomic E-state index is 5.79. The lowest BCUT2D eigenvalue weighted by atomic mass is 9.96. The van der Waals surface area contributed by atoms with Crippen LogP contribution in [0.1, 0.15) is 59.6 Å². The SMILES string of the molecule is COc1ccc(OC)c2c1C(C)=C(C)C2(C)[PH+](C(C)C)C(C)C. The van der Waals surface area contributed by atoms with Gasteiger partial charge in [-0.15, -0.1) is 0 Å². The molecule has 1 aromatic carbocycles. The van der Waals surface area contributed by atoms with Crippen LogP contribution in [0.3, 0.4) is 0 Å². The Bertz CT molecular complexity index is 623. The van der Waals surface area contributed by atoms with Crippen molar-refractivity contribution < 1.29 is 9.47 Å². The average molecular weight is 335 g/mol. The quantitative estimate of drug-likeness (QED) is 0.637. The van der Waals surface area contributed by atoms with Crippen LogP contribution in [0.15, 0.2) is 17.7 Å². The number of hydrogen-bond donors (Lipinski definition) is 0. The highest BCUT2D eigenvalue weighted by atomic mass is 31.1. The van der Waals surface area contributed by atoms with Crippen molar-refractivity contribution in [3.63, 3.8) is 0 Å². The number of rotatable bonds is 5. The molecule has 0 bridgehead atoms. The summed E-state index contributed by atoms with van der Waals surface area (Å²) in [5.41, 5.74) is 6.85. The van der Waals surface area contributed by atoms with Crippen molar-refractivity contribution in [3.8, 4) is 11.5 Å². The second kappa shape index (κ2) is 6.48. The van der Waals surface area contributed by atoms with Crippen LogP contribution in [-0.2, 0) is 5.16 Å². The van der Waals surface area contributed by atoms with Gasteiger partial charge in [0, 0.05) is 13.5 Å². The van der Waals surface area contributed by atoms with Crippen LogP contribution >= 0.6 is 7.92 Å². The molecule has 0 spiro atoms.